The van der Waals surface area contributed by atoms with Gasteiger partial charge in [-0.15, -0.1) is 0 Å². The van der Waals surface area contributed by atoms with Gasteiger partial charge in [-0.05, 0) is 31.6 Å². The first-order chi connectivity index (χ1) is 47.6. The number of hydrogen-bond donors (Lipinski definition) is 3. The predicted octanol–water partition coefficient (Wildman–Crippen LogP) is 23.6. The first-order valence-electron chi connectivity index (χ1n) is 41.2. The number of carbonyl (C=O) groups excluding carboxylic acids is 4. The second kappa shape index (κ2) is 72.0. The Kier molecular flexibility index (Phi) is 70.6. The Morgan fingerprint density at radius 1 is 0.286 bits per heavy atom. The van der Waals surface area contributed by atoms with Crippen molar-refractivity contribution in [2.24, 2.45) is 5.92 Å². The molecule has 0 saturated heterocycles. The molecule has 0 aromatic rings. The Labute approximate surface area is 600 Å². The highest BCUT2D eigenvalue weighted by Crippen LogP contribution is 2.45. The van der Waals surface area contributed by atoms with E-state index in [0.717, 1.165) is 95.8 Å². The van der Waals surface area contributed by atoms with Crippen molar-refractivity contribution in [3.05, 3.63) is 0 Å². The summed E-state index contributed by atoms with van der Waals surface area (Å²) in [5.74, 6) is -1.34. The number of carbonyl (C=O) groups is 4. The molecule has 0 heterocycles. The van der Waals surface area contributed by atoms with E-state index in [1.54, 1.807) is 0 Å². The van der Waals surface area contributed by atoms with Crippen LogP contribution in [0.25, 0.3) is 0 Å². The smallest absolute Gasteiger partial charge is 0.462 e. The number of rotatable bonds is 79. The van der Waals surface area contributed by atoms with Gasteiger partial charge in [0.05, 0.1) is 26.4 Å². The molecular formula is C79H154O17P2. The average molecular weight is 1440 g/mol. The maximum absolute atomic E-state index is 13.1. The molecule has 0 spiro atoms. The Hall–Kier alpha value is -1.94. The molecular weight excluding hydrogens is 1280 g/mol. The van der Waals surface area contributed by atoms with Gasteiger partial charge in [-0.3, -0.25) is 37.3 Å². The maximum Gasteiger partial charge on any atom is 0.472 e. The van der Waals surface area contributed by atoms with Gasteiger partial charge in [-0.1, -0.05) is 369 Å². The van der Waals surface area contributed by atoms with Crippen molar-refractivity contribution in [2.45, 2.75) is 438 Å². The molecule has 0 bridgehead atoms. The lowest BCUT2D eigenvalue weighted by Gasteiger charge is -2.21. The lowest BCUT2D eigenvalue weighted by Crippen LogP contribution is -2.30. The maximum atomic E-state index is 13.1. The molecule has 0 rings (SSSR count). The van der Waals surface area contributed by atoms with Crippen LogP contribution in [-0.4, -0.2) is 96.7 Å². The summed E-state index contributed by atoms with van der Waals surface area (Å²) in [6, 6.07) is 0. The lowest BCUT2D eigenvalue weighted by molar-refractivity contribution is -0.161. The third-order valence-corrected chi connectivity index (χ3v) is 20.8. The Balaban J connectivity index is 5.19. The summed E-state index contributed by atoms with van der Waals surface area (Å²) in [4.78, 5) is 72.9. The molecule has 6 atom stereocenters. The summed E-state index contributed by atoms with van der Waals surface area (Å²) < 4.78 is 68.6. The molecule has 98 heavy (non-hydrogen) atoms. The molecule has 0 fully saturated rings. The van der Waals surface area contributed by atoms with Crippen LogP contribution in [-0.2, 0) is 65.4 Å². The molecule has 0 aliphatic carbocycles. The number of phosphoric ester groups is 2. The minimum Gasteiger partial charge on any atom is -0.462 e. The Morgan fingerprint density at radius 3 is 0.724 bits per heavy atom. The van der Waals surface area contributed by atoms with Crippen LogP contribution >= 0.6 is 15.6 Å². The molecule has 0 aromatic carbocycles. The highest BCUT2D eigenvalue weighted by atomic mass is 31.2. The molecule has 582 valence electrons. The first kappa shape index (κ1) is 96.1. The molecule has 19 heteroatoms. The zero-order valence-corrected chi connectivity index (χ0v) is 65.7. The molecule has 0 radical (unpaired) electrons. The molecule has 0 aliphatic heterocycles. The molecule has 17 nitrogen and oxygen atoms in total. The van der Waals surface area contributed by atoms with E-state index in [4.69, 9.17) is 37.0 Å². The van der Waals surface area contributed by atoms with Crippen LogP contribution in [0.1, 0.15) is 420 Å². The van der Waals surface area contributed by atoms with E-state index < -0.39 is 97.5 Å². The first-order valence-corrected chi connectivity index (χ1v) is 44.2. The average Bonchev–Trinajstić information content (AvgIpc) is 1.13. The Bertz CT molecular complexity index is 1880. The highest BCUT2D eigenvalue weighted by Gasteiger charge is 2.30. The van der Waals surface area contributed by atoms with Gasteiger partial charge in [-0.25, -0.2) is 9.13 Å². The van der Waals surface area contributed by atoms with Crippen LogP contribution in [0, 0.1) is 5.92 Å². The second-order valence-electron chi connectivity index (χ2n) is 28.7. The van der Waals surface area contributed by atoms with Gasteiger partial charge in [-0.2, -0.15) is 0 Å². The van der Waals surface area contributed by atoms with Gasteiger partial charge >= 0.3 is 39.5 Å². The predicted molar refractivity (Wildman–Crippen MR) is 400 cm³/mol. The Morgan fingerprint density at radius 2 is 0.490 bits per heavy atom. The largest absolute Gasteiger partial charge is 0.472 e. The molecule has 3 N–H and O–H groups in total. The molecule has 0 saturated carbocycles. The summed E-state index contributed by atoms with van der Waals surface area (Å²) in [7, 11) is -9.91. The van der Waals surface area contributed by atoms with Crippen LogP contribution in [0.15, 0.2) is 0 Å². The molecule has 0 aliphatic rings. The van der Waals surface area contributed by atoms with Crippen LogP contribution in [0.4, 0.5) is 0 Å². The van der Waals surface area contributed by atoms with Crippen molar-refractivity contribution in [2.75, 3.05) is 39.6 Å². The van der Waals surface area contributed by atoms with Crippen LogP contribution in [0.5, 0.6) is 0 Å². The van der Waals surface area contributed by atoms with E-state index in [1.165, 1.54) is 244 Å². The number of hydrogen-bond acceptors (Lipinski definition) is 15. The number of aliphatic hydroxyl groups excluding tert-OH is 1. The molecule has 0 aromatic heterocycles. The summed E-state index contributed by atoms with van der Waals surface area (Å²) in [6.07, 6.45) is 62.4. The van der Waals surface area contributed by atoms with E-state index in [2.05, 4.69) is 34.6 Å². The van der Waals surface area contributed by atoms with E-state index in [0.29, 0.717) is 25.7 Å². The van der Waals surface area contributed by atoms with Crippen molar-refractivity contribution in [3.63, 3.8) is 0 Å². The lowest BCUT2D eigenvalue weighted by atomic mass is 9.99. The molecule has 0 amide bonds. The van der Waals surface area contributed by atoms with E-state index >= 15 is 0 Å². The summed E-state index contributed by atoms with van der Waals surface area (Å²) >= 11 is 0. The van der Waals surface area contributed by atoms with Crippen molar-refractivity contribution in [3.8, 4) is 0 Å². The third kappa shape index (κ3) is 71.1. The quantitative estimate of drug-likeness (QED) is 0.0222. The van der Waals surface area contributed by atoms with E-state index in [9.17, 15) is 43.2 Å². The fourth-order valence-electron chi connectivity index (χ4n) is 12.2. The second-order valence-corrected chi connectivity index (χ2v) is 31.6. The number of ether oxygens (including phenoxy) is 4. The van der Waals surface area contributed by atoms with Crippen LogP contribution in [0.2, 0.25) is 0 Å². The number of phosphoric acid groups is 2. The summed E-state index contributed by atoms with van der Waals surface area (Å²) in [5.41, 5.74) is 0. The third-order valence-electron chi connectivity index (χ3n) is 18.9. The zero-order chi connectivity index (χ0) is 71.9. The standard InChI is InChI=1S/C79H154O17P2/c1-6-10-13-16-19-22-25-27-28-29-30-31-32-33-34-35-37-40-43-49-54-59-64-78(83)95-74(68-90-77(82)63-58-53-48-42-39-36-26-23-20-17-14-11-7-2)70-93-97(85,86)91-66-73(80)67-92-98(87,88)94-71-75(69-89-76(81)62-57-52-47-41-38-24-21-18-15-12-8-3)96-79(84)65-60-55-50-45-44-46-51-56-61-72(5)9-4/h72-75,80H,6-71H2,1-5H3,(H,85,86)(H,87,88)/t72?,73-,74-,75-/m1/s1. The van der Waals surface area contributed by atoms with Crippen LogP contribution in [0.3, 0.4) is 0 Å². The van der Waals surface area contributed by atoms with E-state index in [1.807, 2.05) is 0 Å². The highest BCUT2D eigenvalue weighted by molar-refractivity contribution is 7.47. The minimum atomic E-state index is -4.96. The van der Waals surface area contributed by atoms with Gasteiger partial charge in [0, 0.05) is 25.7 Å². The number of esters is 4. The minimum absolute atomic E-state index is 0.106. The number of aliphatic hydroxyl groups is 1. The normalized spacial score (nSPS) is 14.2. The SMILES string of the molecule is CCCCCCCCCCCCCCCCCCCCCCCCC(=O)O[C@H](COC(=O)CCCCCCCCCCCCCCC)COP(=O)(O)OC[C@@H](O)COP(=O)(O)OC[C@@H](COC(=O)CCCCCCCCCCCCC)OC(=O)CCCCCCCCCCC(C)CC. The van der Waals surface area contributed by atoms with Gasteiger partial charge < -0.3 is 33.8 Å². The topological polar surface area (TPSA) is 237 Å². The zero-order valence-electron chi connectivity index (χ0n) is 63.9. The van der Waals surface area contributed by atoms with Gasteiger partial charge in [0.2, 0.25) is 0 Å². The van der Waals surface area contributed by atoms with Gasteiger partial charge in [0.15, 0.2) is 12.2 Å². The van der Waals surface area contributed by atoms with Crippen molar-refractivity contribution < 1.29 is 80.2 Å². The van der Waals surface area contributed by atoms with Gasteiger partial charge in [0.25, 0.3) is 0 Å². The summed E-state index contributed by atoms with van der Waals surface area (Å²) in [6.45, 7) is 7.30. The van der Waals surface area contributed by atoms with Crippen molar-refractivity contribution in [1.82, 2.24) is 0 Å². The number of unbranched alkanes of at least 4 members (excludes halogenated alkanes) is 50. The monoisotopic (exact) mass is 1440 g/mol. The van der Waals surface area contributed by atoms with E-state index in [-0.39, 0.29) is 25.7 Å². The van der Waals surface area contributed by atoms with Crippen molar-refractivity contribution in [1.29, 1.82) is 0 Å². The van der Waals surface area contributed by atoms with Gasteiger partial charge in [0.1, 0.15) is 19.3 Å². The fraction of sp³-hybridized carbons (Fsp3) is 0.949. The van der Waals surface area contributed by atoms with Crippen molar-refractivity contribution >= 4 is 39.5 Å². The van der Waals surface area contributed by atoms with Crippen LogP contribution < -0.4 is 0 Å². The summed E-state index contributed by atoms with van der Waals surface area (Å²) in [5, 5.41) is 10.6. The molecule has 3 unspecified atom stereocenters. The fourth-order valence-corrected chi connectivity index (χ4v) is 13.8.